The Morgan fingerprint density at radius 3 is 0.522 bits per heavy atom. The molecule has 0 nitrogen and oxygen atoms in total. The van der Waals surface area contributed by atoms with Crippen LogP contribution in [-0.2, 0) is 10.3 Å². The van der Waals surface area contributed by atoms with Gasteiger partial charge >= 0.3 is 49.7 Å². The average molecular weight is 765 g/mol. The second-order valence-corrected chi connectivity index (χ2v) is 34.0. The quantitative estimate of drug-likeness (QED) is 0.187. The third-order valence-electron chi connectivity index (χ3n) is 3.58. The van der Waals surface area contributed by atoms with Crippen molar-refractivity contribution in [2.45, 2.75) is 117 Å². The maximum atomic E-state index is 2.41. The summed E-state index contributed by atoms with van der Waals surface area (Å²) in [5.74, 6) is 0. The van der Waals surface area contributed by atoms with E-state index in [1.165, 1.54) is 0 Å². The predicted octanol–water partition coefficient (Wildman–Crippen LogP) is 9.16. The van der Waals surface area contributed by atoms with Crippen LogP contribution >= 0.6 is 55.2 Å². The van der Waals surface area contributed by atoms with Gasteiger partial charge in [0.05, 0.1) is 0 Å². The van der Waals surface area contributed by atoms with Crippen LogP contribution in [0.4, 0.5) is 0 Å². The van der Waals surface area contributed by atoms with E-state index in [1.54, 1.807) is 0 Å². The minimum absolute atomic E-state index is 0.262. The molecule has 0 bridgehead atoms. The summed E-state index contributed by atoms with van der Waals surface area (Å²) in [6.07, 6.45) is 0. The molecule has 0 atom stereocenters. The second kappa shape index (κ2) is 18.3. The summed E-state index contributed by atoms with van der Waals surface area (Å²) in [5, 5.41) is 0. The standard InChI is InChI=1S/2C9H21P.2HI.Os/c2*1-7(2)10(8(3)4)9(5)6;;;/h2*7-9H,1-6H3;2*1H;/q;;;;+2/p-2. The molecule has 0 spiro atoms. The summed E-state index contributed by atoms with van der Waals surface area (Å²) in [5.41, 5.74) is 5.39. The van der Waals surface area contributed by atoms with Gasteiger partial charge in [-0.15, -0.1) is 0 Å². The van der Waals surface area contributed by atoms with Crippen LogP contribution in [-0.4, -0.2) is 34.0 Å². The molecular weight excluding hydrogens is 722 g/mol. The molecule has 0 aromatic carbocycles. The van der Waals surface area contributed by atoms with Crippen molar-refractivity contribution >= 4 is 55.2 Å². The van der Waals surface area contributed by atoms with E-state index in [9.17, 15) is 0 Å². The summed E-state index contributed by atoms with van der Waals surface area (Å²) >= 11 is 4.83. The second-order valence-electron chi connectivity index (χ2n) is 7.51. The summed E-state index contributed by atoms with van der Waals surface area (Å²) in [4.78, 5) is 0. The van der Waals surface area contributed by atoms with Crippen molar-refractivity contribution in [1.29, 1.82) is 0 Å². The Bertz CT molecular complexity index is 183. The number of hydrogen-bond donors (Lipinski definition) is 0. The Kier molecular flexibility index (Phi) is 24.4. The molecule has 0 aliphatic rings. The Labute approximate surface area is 180 Å². The molecule has 0 rings (SSSR count). The zero-order valence-corrected chi connectivity index (χ0v) is 26.1. The van der Waals surface area contributed by atoms with Crippen LogP contribution in [0.2, 0.25) is 0 Å². The van der Waals surface area contributed by atoms with Crippen LogP contribution in [0.15, 0.2) is 0 Å². The fourth-order valence-corrected chi connectivity index (χ4v) is 10.7. The van der Waals surface area contributed by atoms with Crippen molar-refractivity contribution in [3.8, 4) is 0 Å². The normalized spacial score (nSPS) is 11.9. The maximum absolute atomic E-state index is 2.41. The van der Waals surface area contributed by atoms with E-state index in [0.717, 1.165) is 34.0 Å². The van der Waals surface area contributed by atoms with Crippen LogP contribution < -0.4 is 0 Å². The zero-order chi connectivity index (χ0) is 19.3. The molecule has 0 amide bonds. The fourth-order valence-electron chi connectivity index (χ4n) is 3.58. The van der Waals surface area contributed by atoms with Gasteiger partial charge in [0.1, 0.15) is 0 Å². The molecule has 0 radical (unpaired) electrons. The molecule has 0 fully saturated rings. The van der Waals surface area contributed by atoms with E-state index in [0.29, 0.717) is 10.3 Å². The van der Waals surface area contributed by atoms with E-state index in [1.807, 2.05) is 0 Å². The van der Waals surface area contributed by atoms with Gasteiger partial charge in [-0.25, -0.2) is 0 Å². The van der Waals surface area contributed by atoms with Crippen molar-refractivity contribution in [1.82, 2.24) is 0 Å². The van der Waals surface area contributed by atoms with E-state index >= 15 is 0 Å². The first-order valence-corrected chi connectivity index (χ1v) is 26.3. The monoisotopic (exact) mass is 766 g/mol. The van der Waals surface area contributed by atoms with Crippen molar-refractivity contribution in [3.63, 3.8) is 0 Å². The summed E-state index contributed by atoms with van der Waals surface area (Å²) in [7, 11) is 0.881. The molecule has 23 heavy (non-hydrogen) atoms. The van der Waals surface area contributed by atoms with Gasteiger partial charge in [0.15, 0.2) is 0 Å². The van der Waals surface area contributed by atoms with E-state index in [2.05, 4.69) is 122 Å². The average Bonchev–Trinajstić information content (AvgIpc) is 2.26. The van der Waals surface area contributed by atoms with Gasteiger partial charge in [-0.3, -0.25) is 0 Å². The van der Waals surface area contributed by atoms with Crippen molar-refractivity contribution in [2.24, 2.45) is 0 Å². The first-order chi connectivity index (χ1) is 10.3. The van der Waals surface area contributed by atoms with Crippen molar-refractivity contribution in [3.05, 3.63) is 0 Å². The molecule has 5 heteroatoms. The minimum atomic E-state index is 0.262. The Morgan fingerprint density at radius 1 is 0.435 bits per heavy atom. The third kappa shape index (κ3) is 18.1. The number of halogens is 2. The van der Waals surface area contributed by atoms with Crippen molar-refractivity contribution in [2.75, 3.05) is 0 Å². The van der Waals surface area contributed by atoms with Crippen LogP contribution in [0.3, 0.4) is 0 Å². The van der Waals surface area contributed by atoms with Crippen molar-refractivity contribution < 1.29 is 10.3 Å². The van der Waals surface area contributed by atoms with Gasteiger partial charge in [0.2, 0.25) is 0 Å². The zero-order valence-electron chi connectivity index (χ0n) is 17.5. The van der Waals surface area contributed by atoms with E-state index in [4.69, 9.17) is 0 Å². The number of hydrogen-bond acceptors (Lipinski definition) is 0. The van der Waals surface area contributed by atoms with Gasteiger partial charge < -0.3 is 0 Å². The molecule has 0 N–H and O–H groups in total. The summed E-state index contributed by atoms with van der Waals surface area (Å²) in [6.45, 7) is 28.2. The van der Waals surface area contributed by atoms with Crippen LogP contribution in [0.1, 0.15) is 83.1 Å². The van der Waals surface area contributed by atoms with Gasteiger partial charge in [-0.05, 0) is 34.0 Å². The molecule has 0 aliphatic heterocycles. The molecule has 0 aliphatic carbocycles. The Hall–Kier alpha value is 2.96. The number of rotatable bonds is 6. The third-order valence-corrected chi connectivity index (χ3v) is 10.7. The van der Waals surface area contributed by atoms with Gasteiger partial charge in [-0.1, -0.05) is 98.9 Å². The first-order valence-electron chi connectivity index (χ1n) is 8.74. The summed E-state index contributed by atoms with van der Waals surface area (Å²) in [6, 6.07) is 0. The van der Waals surface area contributed by atoms with E-state index < -0.39 is 0 Å². The topological polar surface area (TPSA) is 0 Å². The summed E-state index contributed by atoms with van der Waals surface area (Å²) < 4.78 is 0. The Balaban J connectivity index is -0.000000297. The molecule has 0 unspecified atom stereocenters. The van der Waals surface area contributed by atoms with Gasteiger partial charge in [0.25, 0.3) is 0 Å². The SMILES string of the molecule is CC(C)P(C(C)C)C(C)C.CC(C)P(C(C)C)C(C)C.[I][Os][I]. The first kappa shape index (κ1) is 30.7. The molecule has 0 saturated heterocycles. The molecule has 0 heterocycles. The molecule has 0 aromatic rings. The molecular formula is C18H42I2OsP2. The van der Waals surface area contributed by atoms with Crippen LogP contribution in [0, 0.1) is 0 Å². The van der Waals surface area contributed by atoms with Crippen LogP contribution in [0.25, 0.3) is 0 Å². The molecule has 0 saturated carbocycles. The van der Waals surface area contributed by atoms with Crippen LogP contribution in [0.5, 0.6) is 0 Å². The molecule has 146 valence electrons. The molecule has 0 aromatic heterocycles. The fraction of sp³-hybridized carbons (Fsp3) is 1.00. The van der Waals surface area contributed by atoms with Gasteiger partial charge in [0, 0.05) is 0 Å². The predicted molar refractivity (Wildman–Crippen MR) is 133 cm³/mol. The van der Waals surface area contributed by atoms with E-state index in [-0.39, 0.29) is 15.8 Å². The van der Waals surface area contributed by atoms with Gasteiger partial charge in [-0.2, -0.15) is 0 Å². The Morgan fingerprint density at radius 2 is 0.522 bits per heavy atom.